The molecule has 10 heteroatoms. The number of para-hydroxylation sites is 1. The van der Waals surface area contributed by atoms with E-state index in [0.29, 0.717) is 39.8 Å². The molecule has 0 fully saturated rings. The highest BCUT2D eigenvalue weighted by atomic mass is 79.9. The molecule has 1 atom stereocenters. The number of benzene rings is 3. The number of hydrogen-bond acceptors (Lipinski definition) is 7. The van der Waals surface area contributed by atoms with Gasteiger partial charge in [-0.2, -0.15) is 0 Å². The molecule has 9 nitrogen and oxygen atoms in total. The maximum Gasteiger partial charge on any atom is 0.276 e. The summed E-state index contributed by atoms with van der Waals surface area (Å²) in [5.41, 5.74) is 4.51. The molecule has 0 spiro atoms. The second-order valence-corrected chi connectivity index (χ2v) is 8.71. The number of rotatable bonds is 8. The van der Waals surface area contributed by atoms with Crippen molar-refractivity contribution in [2.24, 2.45) is 0 Å². The van der Waals surface area contributed by atoms with Crippen molar-refractivity contribution in [3.05, 3.63) is 75.8 Å². The number of anilines is 1. The minimum absolute atomic E-state index is 0.0314. The first kappa shape index (κ1) is 25.7. The third kappa shape index (κ3) is 5.13. The van der Waals surface area contributed by atoms with Gasteiger partial charge in [0.05, 0.1) is 26.9 Å². The summed E-state index contributed by atoms with van der Waals surface area (Å²) in [5.74, 6) is 2.86. The first-order valence-electron chi connectivity index (χ1n) is 11.1. The number of carbonyl (C=O) groups excluding carboxylic acids is 2. The van der Waals surface area contributed by atoms with Crippen LogP contribution in [0.15, 0.2) is 59.1 Å². The number of ether oxygens (including phenoxy) is 4. The largest absolute Gasteiger partial charge is 0.493 e. The van der Waals surface area contributed by atoms with Crippen LogP contribution in [0.4, 0.5) is 5.69 Å². The van der Waals surface area contributed by atoms with Crippen LogP contribution in [0.3, 0.4) is 0 Å². The normalized spacial score (nSPS) is 14.1. The molecular weight excluding hydrogens is 542 g/mol. The Balaban J connectivity index is 1.77. The van der Waals surface area contributed by atoms with Gasteiger partial charge >= 0.3 is 0 Å². The van der Waals surface area contributed by atoms with E-state index in [1.807, 2.05) is 6.07 Å². The minimum Gasteiger partial charge on any atom is -0.493 e. The zero-order valence-corrected chi connectivity index (χ0v) is 21.9. The Kier molecular flexibility index (Phi) is 7.74. The highest BCUT2D eigenvalue weighted by Gasteiger charge is 2.36. The first-order valence-corrected chi connectivity index (χ1v) is 11.9. The van der Waals surface area contributed by atoms with Gasteiger partial charge in [-0.25, -0.2) is 5.01 Å². The Hall–Kier alpha value is -4.36. The van der Waals surface area contributed by atoms with Crippen LogP contribution in [-0.4, -0.2) is 44.8 Å². The smallest absolute Gasteiger partial charge is 0.276 e. The molecule has 4 rings (SSSR count). The van der Waals surface area contributed by atoms with E-state index in [-0.39, 0.29) is 12.2 Å². The van der Waals surface area contributed by atoms with Gasteiger partial charge in [0.15, 0.2) is 17.7 Å². The van der Waals surface area contributed by atoms with Crippen molar-refractivity contribution in [1.29, 1.82) is 0 Å². The number of fused-ring (bicyclic) bond motifs is 1. The second kappa shape index (κ2) is 11.1. The summed E-state index contributed by atoms with van der Waals surface area (Å²) in [6.45, 7) is 0.0314. The van der Waals surface area contributed by atoms with Crippen LogP contribution in [0, 0.1) is 12.3 Å². The lowest BCUT2D eigenvalue weighted by Gasteiger charge is -2.38. The lowest BCUT2D eigenvalue weighted by atomic mass is 10.0. The number of nitrogens with one attached hydrogen (secondary N) is 2. The van der Waals surface area contributed by atoms with Gasteiger partial charge in [0.25, 0.3) is 11.8 Å². The number of methoxy groups -OCH3 is 3. The van der Waals surface area contributed by atoms with E-state index >= 15 is 0 Å². The van der Waals surface area contributed by atoms with E-state index in [0.717, 1.165) is 4.47 Å². The monoisotopic (exact) mass is 565 g/mol. The molecule has 3 aromatic carbocycles. The third-order valence-corrected chi connectivity index (χ3v) is 6.15. The second-order valence-electron chi connectivity index (χ2n) is 7.80. The van der Waals surface area contributed by atoms with Crippen molar-refractivity contribution < 1.29 is 28.5 Å². The Labute approximate surface area is 222 Å². The Morgan fingerprint density at radius 3 is 2.41 bits per heavy atom. The van der Waals surface area contributed by atoms with Crippen molar-refractivity contribution >= 4 is 33.4 Å². The molecule has 0 radical (unpaired) electrons. The molecule has 0 saturated carbocycles. The molecule has 1 heterocycles. The quantitative estimate of drug-likeness (QED) is 0.390. The van der Waals surface area contributed by atoms with Crippen LogP contribution in [0.1, 0.15) is 32.4 Å². The van der Waals surface area contributed by atoms with E-state index in [2.05, 4.69) is 32.6 Å². The van der Waals surface area contributed by atoms with Crippen molar-refractivity contribution in [2.75, 3.05) is 33.3 Å². The van der Waals surface area contributed by atoms with Crippen LogP contribution in [0.25, 0.3) is 0 Å². The molecule has 2 N–H and O–H groups in total. The Bertz CT molecular complexity index is 1360. The molecule has 0 bridgehead atoms. The fourth-order valence-corrected chi connectivity index (χ4v) is 4.34. The number of halogens is 1. The summed E-state index contributed by atoms with van der Waals surface area (Å²) in [4.78, 5) is 27.1. The summed E-state index contributed by atoms with van der Waals surface area (Å²) in [6, 6.07) is 15.4. The average molecular weight is 566 g/mol. The molecule has 0 aromatic heterocycles. The van der Waals surface area contributed by atoms with Crippen molar-refractivity contribution in [2.45, 2.75) is 6.17 Å². The van der Waals surface area contributed by atoms with E-state index < -0.39 is 18.0 Å². The molecule has 1 aliphatic rings. The van der Waals surface area contributed by atoms with Crippen molar-refractivity contribution in [3.63, 3.8) is 0 Å². The zero-order valence-electron chi connectivity index (χ0n) is 20.3. The topological polar surface area (TPSA) is 98.4 Å². The van der Waals surface area contributed by atoms with Crippen LogP contribution in [-0.2, 0) is 0 Å². The number of terminal acetylenes is 1. The van der Waals surface area contributed by atoms with Crippen LogP contribution in [0.2, 0.25) is 0 Å². The fourth-order valence-electron chi connectivity index (χ4n) is 3.96. The number of nitrogens with zero attached hydrogens (tertiary/aromatic N) is 1. The van der Waals surface area contributed by atoms with Crippen LogP contribution >= 0.6 is 15.9 Å². The van der Waals surface area contributed by atoms with Crippen molar-refractivity contribution in [3.8, 4) is 35.3 Å². The molecule has 190 valence electrons. The molecule has 0 aliphatic carbocycles. The third-order valence-electron chi connectivity index (χ3n) is 5.65. The van der Waals surface area contributed by atoms with Gasteiger partial charge < -0.3 is 24.3 Å². The molecule has 3 aromatic rings. The highest BCUT2D eigenvalue weighted by molar-refractivity contribution is 9.10. The minimum atomic E-state index is -0.821. The van der Waals surface area contributed by atoms with Gasteiger partial charge in [0.1, 0.15) is 12.4 Å². The molecule has 37 heavy (non-hydrogen) atoms. The standard InChI is InChI=1S/C27H24BrN3O6/c1-5-12-37-21-11-10-17(28)15-19(21)25-29-20-9-7-6-8-18(20)27(33)31(25)30-26(32)16-13-22(34-2)24(36-4)23(14-16)35-3/h1,6-11,13-15,25,29H,12H2,2-4H3,(H,30,32)/t25-/m1/s1. The molecule has 0 unspecified atom stereocenters. The number of hydrogen-bond donors (Lipinski definition) is 2. The Morgan fingerprint density at radius 2 is 1.76 bits per heavy atom. The van der Waals surface area contributed by atoms with Gasteiger partial charge in [-0.05, 0) is 42.5 Å². The van der Waals surface area contributed by atoms with Gasteiger partial charge in [-0.1, -0.05) is 34.0 Å². The van der Waals surface area contributed by atoms with Gasteiger partial charge in [-0.3, -0.25) is 15.0 Å². The van der Waals surface area contributed by atoms with Crippen LogP contribution < -0.4 is 29.7 Å². The van der Waals surface area contributed by atoms with Crippen molar-refractivity contribution in [1.82, 2.24) is 10.4 Å². The van der Waals surface area contributed by atoms with Crippen LogP contribution in [0.5, 0.6) is 23.0 Å². The molecule has 0 saturated heterocycles. The number of amides is 2. The summed E-state index contributed by atoms with van der Waals surface area (Å²) in [7, 11) is 4.38. The lowest BCUT2D eigenvalue weighted by Crippen LogP contribution is -2.53. The van der Waals surface area contributed by atoms with Gasteiger partial charge in [-0.15, -0.1) is 6.42 Å². The van der Waals surface area contributed by atoms with E-state index in [1.165, 1.54) is 38.5 Å². The Morgan fingerprint density at radius 1 is 1.05 bits per heavy atom. The zero-order chi connectivity index (χ0) is 26.5. The van der Waals surface area contributed by atoms with Gasteiger partial charge in [0.2, 0.25) is 5.75 Å². The predicted molar refractivity (Wildman–Crippen MR) is 141 cm³/mol. The summed E-state index contributed by atoms with van der Waals surface area (Å²) >= 11 is 3.48. The number of carbonyl (C=O) groups is 2. The van der Waals surface area contributed by atoms with E-state index in [4.69, 9.17) is 25.4 Å². The first-order chi connectivity index (χ1) is 17.9. The summed E-state index contributed by atoms with van der Waals surface area (Å²) in [5, 5.41) is 4.55. The molecular formula is C27H24BrN3O6. The predicted octanol–water partition coefficient (Wildman–Crippen LogP) is 4.40. The highest BCUT2D eigenvalue weighted by Crippen LogP contribution is 2.39. The molecule has 2 amide bonds. The summed E-state index contributed by atoms with van der Waals surface area (Å²) in [6.07, 6.45) is 4.57. The maximum absolute atomic E-state index is 13.6. The maximum atomic E-state index is 13.6. The molecule has 1 aliphatic heterocycles. The lowest BCUT2D eigenvalue weighted by molar-refractivity contribution is 0.0488. The van der Waals surface area contributed by atoms with E-state index in [1.54, 1.807) is 36.4 Å². The van der Waals surface area contributed by atoms with Gasteiger partial charge in [0, 0.05) is 21.3 Å². The van der Waals surface area contributed by atoms with E-state index in [9.17, 15) is 9.59 Å². The SMILES string of the molecule is C#CCOc1ccc(Br)cc1[C@@H]1Nc2ccccc2C(=O)N1NC(=O)c1cc(OC)c(OC)c(OC)c1. The number of hydrazine groups is 1. The fraction of sp³-hybridized carbons (Fsp3) is 0.185. The average Bonchev–Trinajstić information content (AvgIpc) is 2.92. The summed E-state index contributed by atoms with van der Waals surface area (Å²) < 4.78 is 22.6.